The zero-order valence-corrected chi connectivity index (χ0v) is 24.2. The lowest BCUT2D eigenvalue weighted by molar-refractivity contribution is 0.0341. The number of aromatic nitrogens is 1. The molecule has 8 heteroatoms. The van der Waals surface area contributed by atoms with Crippen molar-refractivity contribution in [1.29, 1.82) is 0 Å². The lowest BCUT2D eigenvalue weighted by atomic mass is 10.0. The van der Waals surface area contributed by atoms with Gasteiger partial charge in [0.2, 0.25) is 0 Å². The fourth-order valence-corrected chi connectivity index (χ4v) is 4.84. The van der Waals surface area contributed by atoms with Crippen LogP contribution in [-0.2, 0) is 11.3 Å². The van der Waals surface area contributed by atoms with Gasteiger partial charge in [-0.2, -0.15) is 0 Å². The minimum atomic E-state index is 0.803. The predicted molar refractivity (Wildman–Crippen MR) is 164 cm³/mol. The number of morpholine rings is 1. The van der Waals surface area contributed by atoms with Gasteiger partial charge in [0.05, 0.1) is 30.7 Å². The average Bonchev–Trinajstić information content (AvgIpc) is 3.46. The molecule has 5 rings (SSSR count). The third-order valence-corrected chi connectivity index (χ3v) is 7.00. The molecule has 0 radical (unpaired) electrons. The summed E-state index contributed by atoms with van der Waals surface area (Å²) in [6, 6.07) is 14.1. The number of nitrogens with one attached hydrogen (secondary N) is 1. The van der Waals surface area contributed by atoms with Gasteiger partial charge in [0.15, 0.2) is 0 Å². The first-order valence-electron chi connectivity index (χ1n) is 13.9. The van der Waals surface area contributed by atoms with Crippen LogP contribution in [0.3, 0.4) is 0 Å². The lowest BCUT2D eigenvalue weighted by Crippen LogP contribution is -2.39. The Labute approximate surface area is 237 Å². The molecule has 40 heavy (non-hydrogen) atoms. The first-order chi connectivity index (χ1) is 19.5. The van der Waals surface area contributed by atoms with Crippen molar-refractivity contribution in [1.82, 2.24) is 20.1 Å². The van der Waals surface area contributed by atoms with Gasteiger partial charge in [-0.15, -0.1) is 0 Å². The molecular weight excluding hydrogens is 500 g/mol. The van der Waals surface area contributed by atoms with Gasteiger partial charge in [0.25, 0.3) is 0 Å². The number of para-hydroxylation sites is 1. The highest BCUT2D eigenvalue weighted by Gasteiger charge is 2.23. The van der Waals surface area contributed by atoms with E-state index in [1.54, 1.807) is 12.5 Å². The first kappa shape index (κ1) is 29.1. The monoisotopic (exact) mass is 542 g/mol. The molecule has 4 heterocycles. The van der Waals surface area contributed by atoms with Crippen molar-refractivity contribution in [2.24, 2.45) is 10.7 Å². The fraction of sp³-hybridized carbons (Fsp3) is 0.375. The van der Waals surface area contributed by atoms with Crippen molar-refractivity contribution in [2.75, 3.05) is 46.4 Å². The highest BCUT2D eigenvalue weighted by molar-refractivity contribution is 6.22. The number of furan rings is 1. The summed E-state index contributed by atoms with van der Waals surface area (Å²) in [4.78, 5) is 14.0. The molecule has 0 atom stereocenters. The molecule has 2 aliphatic rings. The molecule has 3 N–H and O–H groups in total. The van der Waals surface area contributed by atoms with Crippen LogP contribution in [0.5, 0.6) is 0 Å². The minimum absolute atomic E-state index is 0.803. The predicted octanol–water partition coefficient (Wildman–Crippen LogP) is 5.17. The highest BCUT2D eigenvalue weighted by atomic mass is 16.5. The average molecular weight is 543 g/mol. The van der Waals surface area contributed by atoms with E-state index in [-0.39, 0.29) is 0 Å². The largest absolute Gasteiger partial charge is 0.464 e. The van der Waals surface area contributed by atoms with Crippen LogP contribution in [0.1, 0.15) is 38.4 Å². The number of benzene rings is 1. The summed E-state index contributed by atoms with van der Waals surface area (Å²) in [6.45, 7) is 12.5. The zero-order valence-electron chi connectivity index (χ0n) is 24.2. The first-order valence-corrected chi connectivity index (χ1v) is 13.9. The molecule has 0 saturated carbocycles. The van der Waals surface area contributed by atoms with E-state index in [4.69, 9.17) is 19.9 Å². The van der Waals surface area contributed by atoms with E-state index in [1.807, 2.05) is 49.6 Å². The molecule has 1 fully saturated rings. The minimum Gasteiger partial charge on any atom is -0.464 e. The van der Waals surface area contributed by atoms with Crippen LogP contribution >= 0.6 is 0 Å². The van der Waals surface area contributed by atoms with Crippen molar-refractivity contribution in [3.63, 3.8) is 0 Å². The number of hydrogen-bond donors (Lipinski definition) is 2. The number of nitrogens with zero attached hydrogens (tertiary/aromatic N) is 4. The Morgan fingerprint density at radius 1 is 1.10 bits per heavy atom. The number of pyridine rings is 1. The van der Waals surface area contributed by atoms with E-state index >= 15 is 0 Å². The second-order valence-electron chi connectivity index (χ2n) is 10.3. The summed E-state index contributed by atoms with van der Waals surface area (Å²) in [5, 5.41) is 4.61. The molecule has 212 valence electrons. The fourth-order valence-electron chi connectivity index (χ4n) is 4.84. The number of aliphatic imine (C=N–C) groups is 1. The molecular formula is C32H42N6O2. The molecule has 0 unspecified atom stereocenters. The van der Waals surface area contributed by atoms with Crippen LogP contribution < -0.4 is 11.1 Å². The SMILES string of the molecule is CN=C(/C(=C/N)c1ccc(CN2CCOCC2)cn1)N1CCC(NC=C(C)C)=C(C)C1.c1ccc2occc2c1. The summed E-state index contributed by atoms with van der Waals surface area (Å²) in [5.74, 6) is 0.886. The molecule has 1 aromatic carbocycles. The van der Waals surface area contributed by atoms with Gasteiger partial charge in [0, 0.05) is 69.7 Å². The molecule has 3 aromatic rings. The Balaban J connectivity index is 0.000000343. The maximum absolute atomic E-state index is 6.05. The van der Waals surface area contributed by atoms with Crippen LogP contribution in [0.4, 0.5) is 0 Å². The van der Waals surface area contributed by atoms with E-state index in [2.05, 4.69) is 53.1 Å². The third-order valence-electron chi connectivity index (χ3n) is 7.00. The number of hydrogen-bond acceptors (Lipinski definition) is 7. The number of ether oxygens (including phenoxy) is 1. The Hall–Kier alpha value is -3.88. The zero-order chi connectivity index (χ0) is 28.3. The normalized spacial score (nSPS) is 16.9. The molecule has 0 amide bonds. The number of allylic oxidation sites excluding steroid dienone is 1. The topological polar surface area (TPSA) is 92.1 Å². The van der Waals surface area contributed by atoms with Crippen molar-refractivity contribution >= 4 is 22.4 Å². The summed E-state index contributed by atoms with van der Waals surface area (Å²) < 4.78 is 10.5. The van der Waals surface area contributed by atoms with E-state index in [0.717, 1.165) is 80.4 Å². The number of nitrogens with two attached hydrogens (primary N) is 1. The molecule has 2 aromatic heterocycles. The lowest BCUT2D eigenvalue weighted by Gasteiger charge is -2.33. The summed E-state index contributed by atoms with van der Waals surface area (Å²) in [7, 11) is 1.82. The van der Waals surface area contributed by atoms with Gasteiger partial charge < -0.3 is 25.1 Å². The van der Waals surface area contributed by atoms with Crippen molar-refractivity contribution in [2.45, 2.75) is 33.7 Å². The van der Waals surface area contributed by atoms with E-state index in [0.29, 0.717) is 0 Å². The Morgan fingerprint density at radius 3 is 2.55 bits per heavy atom. The Bertz CT molecular complexity index is 1330. The Kier molecular flexibility index (Phi) is 10.5. The molecule has 1 saturated heterocycles. The highest BCUT2D eigenvalue weighted by Crippen LogP contribution is 2.22. The number of rotatable bonds is 6. The van der Waals surface area contributed by atoms with Crippen molar-refractivity contribution < 1.29 is 9.15 Å². The second kappa shape index (κ2) is 14.5. The number of fused-ring (bicyclic) bond motifs is 1. The van der Waals surface area contributed by atoms with Crippen LogP contribution in [0, 0.1) is 0 Å². The van der Waals surface area contributed by atoms with Gasteiger partial charge in [-0.1, -0.05) is 29.8 Å². The maximum atomic E-state index is 6.05. The standard InChI is InChI=1S/C24H36N6O.C8H6O/c1-18(2)14-27-22-7-8-30(16-19(22)3)24(26-4)21(13-25)23-6-5-20(15-28-23)17-29-9-11-31-12-10-29;1-2-4-8-7(3-1)5-6-9-8/h5-6,13-15,27H,7-12,16-17,25H2,1-4H3;1-6H/b21-13+,26-24?;. The van der Waals surface area contributed by atoms with Crippen LogP contribution in [0.25, 0.3) is 16.5 Å². The maximum Gasteiger partial charge on any atom is 0.134 e. The van der Waals surface area contributed by atoms with Gasteiger partial charge >= 0.3 is 0 Å². The second-order valence-corrected chi connectivity index (χ2v) is 10.3. The summed E-state index contributed by atoms with van der Waals surface area (Å²) >= 11 is 0. The van der Waals surface area contributed by atoms with E-state index < -0.39 is 0 Å². The van der Waals surface area contributed by atoms with Gasteiger partial charge in [-0.25, -0.2) is 0 Å². The number of amidine groups is 1. The van der Waals surface area contributed by atoms with E-state index in [1.165, 1.54) is 22.4 Å². The summed E-state index contributed by atoms with van der Waals surface area (Å²) in [6.07, 6.45) is 8.28. The van der Waals surface area contributed by atoms with Crippen molar-refractivity contribution in [3.05, 3.63) is 95.4 Å². The quantitative estimate of drug-likeness (QED) is 0.328. The Morgan fingerprint density at radius 2 is 1.90 bits per heavy atom. The molecule has 0 aliphatic carbocycles. The third kappa shape index (κ3) is 7.83. The molecule has 2 aliphatic heterocycles. The van der Waals surface area contributed by atoms with Gasteiger partial charge in [0.1, 0.15) is 11.4 Å². The van der Waals surface area contributed by atoms with Gasteiger partial charge in [-0.05, 0) is 56.3 Å². The van der Waals surface area contributed by atoms with Crippen LogP contribution in [0.15, 0.2) is 93.6 Å². The van der Waals surface area contributed by atoms with Crippen molar-refractivity contribution in [3.8, 4) is 0 Å². The van der Waals surface area contributed by atoms with E-state index in [9.17, 15) is 0 Å². The van der Waals surface area contributed by atoms with Gasteiger partial charge in [-0.3, -0.25) is 14.9 Å². The van der Waals surface area contributed by atoms with Crippen LogP contribution in [0.2, 0.25) is 0 Å². The summed E-state index contributed by atoms with van der Waals surface area (Å²) in [5.41, 5.74) is 13.8. The van der Waals surface area contributed by atoms with Crippen LogP contribution in [-0.4, -0.2) is 67.1 Å². The molecule has 0 spiro atoms. The molecule has 0 bridgehead atoms. The molecule has 8 nitrogen and oxygen atoms in total. The smallest absolute Gasteiger partial charge is 0.134 e.